The van der Waals surface area contributed by atoms with E-state index in [4.69, 9.17) is 4.42 Å². The number of hydrogen-bond donors (Lipinski definition) is 1. The first kappa shape index (κ1) is 14.4. The zero-order valence-corrected chi connectivity index (χ0v) is 13.0. The molecule has 2 aromatic rings. The van der Waals surface area contributed by atoms with Crippen molar-refractivity contribution in [2.75, 3.05) is 6.54 Å². The van der Waals surface area contributed by atoms with Crippen LogP contribution in [-0.2, 0) is 7.05 Å². The molecule has 1 aliphatic rings. The fourth-order valence-corrected chi connectivity index (χ4v) is 3.46. The maximum atomic E-state index is 5.62. The molecule has 0 spiro atoms. The van der Waals surface area contributed by atoms with Crippen molar-refractivity contribution in [3.05, 3.63) is 42.4 Å². The van der Waals surface area contributed by atoms with Crippen molar-refractivity contribution in [2.24, 2.45) is 18.9 Å². The smallest absolute Gasteiger partial charge is 0.133 e. The summed E-state index contributed by atoms with van der Waals surface area (Å²) in [6.07, 6.45) is 11.0. The second-order valence-corrected chi connectivity index (χ2v) is 6.39. The van der Waals surface area contributed by atoms with E-state index < -0.39 is 0 Å². The van der Waals surface area contributed by atoms with Gasteiger partial charge in [0, 0.05) is 19.4 Å². The molecule has 21 heavy (non-hydrogen) atoms. The van der Waals surface area contributed by atoms with Gasteiger partial charge < -0.3 is 14.3 Å². The molecule has 4 heteroatoms. The Labute approximate surface area is 126 Å². The van der Waals surface area contributed by atoms with Crippen LogP contribution in [0.4, 0.5) is 0 Å². The molecule has 1 aliphatic carbocycles. The minimum atomic E-state index is 0.0391. The summed E-state index contributed by atoms with van der Waals surface area (Å²) in [6, 6.07) is 4.00. The Morgan fingerprint density at radius 2 is 2.38 bits per heavy atom. The number of imidazole rings is 1. The van der Waals surface area contributed by atoms with Crippen LogP contribution in [-0.4, -0.2) is 16.1 Å². The minimum Gasteiger partial charge on any atom is -0.467 e. The van der Waals surface area contributed by atoms with E-state index in [1.165, 1.54) is 25.7 Å². The van der Waals surface area contributed by atoms with E-state index in [0.717, 1.165) is 30.0 Å². The first-order valence-electron chi connectivity index (χ1n) is 7.98. The molecule has 4 nitrogen and oxygen atoms in total. The Kier molecular flexibility index (Phi) is 4.44. The second-order valence-electron chi connectivity index (χ2n) is 6.39. The molecule has 3 unspecified atom stereocenters. The van der Waals surface area contributed by atoms with Gasteiger partial charge in [-0.1, -0.05) is 19.8 Å². The van der Waals surface area contributed by atoms with E-state index in [1.807, 2.05) is 31.6 Å². The number of rotatable bonds is 5. The van der Waals surface area contributed by atoms with Crippen LogP contribution in [0.3, 0.4) is 0 Å². The topological polar surface area (TPSA) is 43.0 Å². The van der Waals surface area contributed by atoms with Gasteiger partial charge in [0.1, 0.15) is 17.6 Å². The number of furan rings is 1. The molecule has 2 aromatic heterocycles. The van der Waals surface area contributed by atoms with Gasteiger partial charge in [0.05, 0.1) is 6.26 Å². The van der Waals surface area contributed by atoms with Gasteiger partial charge in [-0.3, -0.25) is 0 Å². The van der Waals surface area contributed by atoms with Crippen LogP contribution in [0.1, 0.15) is 50.2 Å². The lowest BCUT2D eigenvalue weighted by Gasteiger charge is -2.28. The molecule has 1 saturated carbocycles. The molecule has 114 valence electrons. The summed E-state index contributed by atoms with van der Waals surface area (Å²) in [7, 11) is 2.03. The molecule has 3 rings (SSSR count). The van der Waals surface area contributed by atoms with Crippen molar-refractivity contribution >= 4 is 0 Å². The molecule has 0 radical (unpaired) electrons. The lowest BCUT2D eigenvalue weighted by molar-refractivity contribution is 0.265. The minimum absolute atomic E-state index is 0.0391. The number of aryl methyl sites for hydroxylation is 1. The van der Waals surface area contributed by atoms with Gasteiger partial charge in [0.15, 0.2) is 0 Å². The molecule has 1 fully saturated rings. The quantitative estimate of drug-likeness (QED) is 0.915. The van der Waals surface area contributed by atoms with E-state index in [0.29, 0.717) is 0 Å². The lowest BCUT2D eigenvalue weighted by atomic mass is 9.82. The summed E-state index contributed by atoms with van der Waals surface area (Å²) in [6.45, 7) is 3.40. The predicted octanol–water partition coefficient (Wildman–Crippen LogP) is 3.52. The monoisotopic (exact) mass is 287 g/mol. The van der Waals surface area contributed by atoms with Gasteiger partial charge in [-0.2, -0.15) is 0 Å². The third kappa shape index (κ3) is 3.38. The van der Waals surface area contributed by atoms with Crippen molar-refractivity contribution < 1.29 is 4.42 Å². The van der Waals surface area contributed by atoms with Gasteiger partial charge in [0.2, 0.25) is 0 Å². The largest absolute Gasteiger partial charge is 0.467 e. The maximum absolute atomic E-state index is 5.62. The van der Waals surface area contributed by atoms with Crippen molar-refractivity contribution in [3.63, 3.8) is 0 Å². The zero-order chi connectivity index (χ0) is 14.7. The Morgan fingerprint density at radius 1 is 1.48 bits per heavy atom. The SMILES string of the molecule is CC1CCCC(CNC(c2ccco2)c2nccn2C)C1. The highest BCUT2D eigenvalue weighted by Gasteiger charge is 2.24. The molecule has 0 amide bonds. The van der Waals surface area contributed by atoms with Crippen LogP contribution in [0.15, 0.2) is 35.2 Å². The average Bonchev–Trinajstić information content (AvgIpc) is 3.12. The summed E-state index contributed by atoms with van der Waals surface area (Å²) in [5.41, 5.74) is 0. The Bertz CT molecular complexity index is 546. The first-order chi connectivity index (χ1) is 10.2. The number of aromatic nitrogens is 2. The van der Waals surface area contributed by atoms with Crippen molar-refractivity contribution in [1.82, 2.24) is 14.9 Å². The first-order valence-corrected chi connectivity index (χ1v) is 7.98. The summed E-state index contributed by atoms with van der Waals surface area (Å²) in [5, 5.41) is 3.68. The lowest BCUT2D eigenvalue weighted by Crippen LogP contribution is -2.31. The third-order valence-electron chi connectivity index (χ3n) is 4.60. The van der Waals surface area contributed by atoms with E-state index in [2.05, 4.69) is 21.8 Å². The highest BCUT2D eigenvalue weighted by Crippen LogP contribution is 2.29. The molecule has 1 N–H and O–H groups in total. The van der Waals surface area contributed by atoms with Gasteiger partial charge in [-0.15, -0.1) is 0 Å². The van der Waals surface area contributed by atoms with E-state index in [1.54, 1.807) is 6.26 Å². The molecule has 3 atom stereocenters. The van der Waals surface area contributed by atoms with Crippen molar-refractivity contribution in [2.45, 2.75) is 38.6 Å². The fraction of sp³-hybridized carbons (Fsp3) is 0.588. The van der Waals surface area contributed by atoms with Crippen LogP contribution in [0.25, 0.3) is 0 Å². The predicted molar refractivity (Wildman–Crippen MR) is 82.9 cm³/mol. The van der Waals surface area contributed by atoms with Crippen LogP contribution in [0.2, 0.25) is 0 Å². The van der Waals surface area contributed by atoms with E-state index >= 15 is 0 Å². The Hall–Kier alpha value is -1.55. The zero-order valence-electron chi connectivity index (χ0n) is 13.0. The van der Waals surface area contributed by atoms with Gasteiger partial charge in [0.25, 0.3) is 0 Å². The van der Waals surface area contributed by atoms with Gasteiger partial charge >= 0.3 is 0 Å². The standard InChI is InChI=1S/C17H25N3O/c1-13-5-3-6-14(11-13)12-19-16(15-7-4-10-21-15)17-18-8-9-20(17)2/h4,7-10,13-14,16,19H,3,5-6,11-12H2,1-2H3. The number of nitrogens with zero attached hydrogens (tertiary/aromatic N) is 2. The van der Waals surface area contributed by atoms with Gasteiger partial charge in [-0.25, -0.2) is 4.98 Å². The average molecular weight is 287 g/mol. The molecule has 0 aliphatic heterocycles. The number of nitrogens with one attached hydrogen (secondary N) is 1. The van der Waals surface area contributed by atoms with Gasteiger partial charge in [-0.05, 0) is 43.4 Å². The van der Waals surface area contributed by atoms with Crippen molar-refractivity contribution in [3.8, 4) is 0 Å². The second kappa shape index (κ2) is 6.48. The van der Waals surface area contributed by atoms with E-state index in [-0.39, 0.29) is 6.04 Å². The molecule has 2 heterocycles. The highest BCUT2D eigenvalue weighted by molar-refractivity contribution is 5.15. The van der Waals surface area contributed by atoms with E-state index in [9.17, 15) is 0 Å². The normalized spacial score (nSPS) is 24.1. The van der Waals surface area contributed by atoms with Crippen molar-refractivity contribution in [1.29, 1.82) is 0 Å². The Balaban J connectivity index is 1.70. The highest BCUT2D eigenvalue weighted by atomic mass is 16.3. The maximum Gasteiger partial charge on any atom is 0.133 e. The summed E-state index contributed by atoms with van der Waals surface area (Å²) < 4.78 is 7.68. The molecular weight excluding hydrogens is 262 g/mol. The Morgan fingerprint density at radius 3 is 3.05 bits per heavy atom. The third-order valence-corrected chi connectivity index (χ3v) is 4.60. The molecular formula is C17H25N3O. The molecule has 0 aromatic carbocycles. The molecule has 0 saturated heterocycles. The van der Waals surface area contributed by atoms with Crippen LogP contribution in [0.5, 0.6) is 0 Å². The summed E-state index contributed by atoms with van der Waals surface area (Å²) in [5.74, 6) is 3.58. The fourth-order valence-electron chi connectivity index (χ4n) is 3.46. The van der Waals surface area contributed by atoms with Crippen LogP contribution >= 0.6 is 0 Å². The summed E-state index contributed by atoms with van der Waals surface area (Å²) >= 11 is 0. The van der Waals surface area contributed by atoms with Crippen LogP contribution in [0, 0.1) is 11.8 Å². The molecule has 0 bridgehead atoms. The summed E-state index contributed by atoms with van der Waals surface area (Å²) in [4.78, 5) is 4.49. The van der Waals surface area contributed by atoms with Crippen LogP contribution < -0.4 is 5.32 Å². The number of hydrogen-bond acceptors (Lipinski definition) is 3.